The number of carbonyl (C=O) groups excluding carboxylic acids is 1. The molecule has 0 rings (SSSR count). The number of nitrogens with two attached hydrogens (primary N) is 2. The molecule has 0 fully saturated rings. The lowest BCUT2D eigenvalue weighted by molar-refractivity contribution is -0.142. The van der Waals surface area contributed by atoms with Crippen LogP contribution in [0.25, 0.3) is 0 Å². The van der Waals surface area contributed by atoms with Crippen LogP contribution in [0.3, 0.4) is 0 Å². The average Bonchev–Trinajstić information content (AvgIpc) is 2.10. The zero-order valence-corrected chi connectivity index (χ0v) is 10.1. The molecular weight excluding hydrogens is 243 g/mol. The van der Waals surface area contributed by atoms with Crippen molar-refractivity contribution >= 4 is 36.7 Å². The van der Waals surface area contributed by atoms with E-state index in [1.807, 2.05) is 0 Å². The summed E-state index contributed by atoms with van der Waals surface area (Å²) < 4.78 is 4.44. The van der Waals surface area contributed by atoms with Crippen LogP contribution >= 0.6 is 24.8 Å². The minimum atomic E-state index is -0.584. The average molecular weight is 261 g/mol. The number of halogens is 2. The van der Waals surface area contributed by atoms with Crippen LogP contribution in [-0.2, 0) is 9.53 Å². The standard InChI is InChI=1S/C7H16N4O2.2ClH/c1-13-6(12)5(8)3-2-4-11-7(9)10;;/h5H,2-4,8H2,1H3,(H4,9,10,11);2*1H/t5-;;/m1../s1. The molecule has 8 heteroatoms. The van der Waals surface area contributed by atoms with Gasteiger partial charge in [-0.15, -0.1) is 24.8 Å². The van der Waals surface area contributed by atoms with Crippen molar-refractivity contribution in [1.29, 1.82) is 5.41 Å². The number of carbonyl (C=O) groups is 1. The third kappa shape index (κ3) is 11.2. The first-order chi connectivity index (χ1) is 6.07. The van der Waals surface area contributed by atoms with E-state index in [4.69, 9.17) is 16.9 Å². The fourth-order valence-electron chi connectivity index (χ4n) is 0.814. The van der Waals surface area contributed by atoms with Gasteiger partial charge in [0.2, 0.25) is 0 Å². The summed E-state index contributed by atoms with van der Waals surface area (Å²) in [5.41, 5.74) is 10.5. The van der Waals surface area contributed by atoms with E-state index in [9.17, 15) is 4.79 Å². The van der Waals surface area contributed by atoms with Crippen molar-refractivity contribution in [2.24, 2.45) is 11.5 Å². The summed E-state index contributed by atoms with van der Waals surface area (Å²) in [6.45, 7) is 0.542. The maximum Gasteiger partial charge on any atom is 0.322 e. The first-order valence-electron chi connectivity index (χ1n) is 3.99. The van der Waals surface area contributed by atoms with Crippen LogP contribution in [-0.4, -0.2) is 31.6 Å². The van der Waals surface area contributed by atoms with E-state index in [-0.39, 0.29) is 30.8 Å². The number of hydrogen-bond acceptors (Lipinski definition) is 4. The zero-order valence-electron chi connectivity index (χ0n) is 8.49. The lowest BCUT2D eigenvalue weighted by Gasteiger charge is -2.08. The van der Waals surface area contributed by atoms with Gasteiger partial charge in [0.1, 0.15) is 6.04 Å². The van der Waals surface area contributed by atoms with E-state index in [0.29, 0.717) is 19.4 Å². The zero-order chi connectivity index (χ0) is 10.3. The van der Waals surface area contributed by atoms with Crippen molar-refractivity contribution in [1.82, 2.24) is 5.32 Å². The molecule has 6 N–H and O–H groups in total. The van der Waals surface area contributed by atoms with Crippen molar-refractivity contribution in [3.63, 3.8) is 0 Å². The molecule has 0 aromatic heterocycles. The van der Waals surface area contributed by atoms with Crippen LogP contribution < -0.4 is 16.8 Å². The van der Waals surface area contributed by atoms with Crippen LogP contribution in [0.5, 0.6) is 0 Å². The molecule has 92 valence electrons. The molecule has 0 saturated carbocycles. The Bertz CT molecular complexity index is 192. The lowest BCUT2D eigenvalue weighted by atomic mass is 10.2. The maximum absolute atomic E-state index is 10.8. The van der Waals surface area contributed by atoms with Crippen molar-refractivity contribution in [3.05, 3.63) is 0 Å². The van der Waals surface area contributed by atoms with Gasteiger partial charge in [0.15, 0.2) is 5.96 Å². The van der Waals surface area contributed by atoms with Gasteiger partial charge in [-0.25, -0.2) is 0 Å². The smallest absolute Gasteiger partial charge is 0.322 e. The lowest BCUT2D eigenvalue weighted by Crippen LogP contribution is -2.34. The minimum absolute atomic E-state index is 0. The van der Waals surface area contributed by atoms with E-state index < -0.39 is 12.0 Å². The summed E-state index contributed by atoms with van der Waals surface area (Å²) in [5.74, 6) is -0.491. The molecule has 0 aliphatic rings. The number of guanidine groups is 1. The quantitative estimate of drug-likeness (QED) is 0.232. The molecule has 0 heterocycles. The molecule has 0 spiro atoms. The van der Waals surface area contributed by atoms with Crippen LogP contribution in [0, 0.1) is 5.41 Å². The van der Waals surface area contributed by atoms with E-state index in [2.05, 4.69) is 10.1 Å². The largest absolute Gasteiger partial charge is 0.468 e. The molecule has 0 aromatic carbocycles. The van der Waals surface area contributed by atoms with Gasteiger partial charge in [-0.05, 0) is 12.8 Å². The van der Waals surface area contributed by atoms with E-state index in [0.717, 1.165) is 0 Å². The Morgan fingerprint density at radius 1 is 1.53 bits per heavy atom. The molecule has 0 amide bonds. The SMILES string of the molecule is COC(=O)[C@H](N)CCCNC(=N)N.Cl.Cl. The van der Waals surface area contributed by atoms with E-state index >= 15 is 0 Å². The van der Waals surface area contributed by atoms with Gasteiger partial charge in [0, 0.05) is 6.54 Å². The number of rotatable bonds is 5. The Hall–Kier alpha value is -0.720. The van der Waals surface area contributed by atoms with Gasteiger partial charge in [-0.1, -0.05) is 0 Å². The molecule has 0 unspecified atom stereocenters. The fourth-order valence-corrected chi connectivity index (χ4v) is 0.814. The van der Waals surface area contributed by atoms with Crippen molar-refractivity contribution in [3.8, 4) is 0 Å². The normalized spacial score (nSPS) is 10.3. The summed E-state index contributed by atoms with van der Waals surface area (Å²) in [6.07, 6.45) is 1.20. The summed E-state index contributed by atoms with van der Waals surface area (Å²) >= 11 is 0. The van der Waals surface area contributed by atoms with Crippen LogP contribution in [0.15, 0.2) is 0 Å². The highest BCUT2D eigenvalue weighted by Crippen LogP contribution is 1.94. The van der Waals surface area contributed by atoms with Gasteiger partial charge in [-0.3, -0.25) is 10.2 Å². The third-order valence-electron chi connectivity index (χ3n) is 1.51. The number of nitrogens with one attached hydrogen (secondary N) is 2. The van der Waals surface area contributed by atoms with E-state index in [1.54, 1.807) is 0 Å². The van der Waals surface area contributed by atoms with Gasteiger partial charge < -0.3 is 21.5 Å². The molecule has 0 aliphatic heterocycles. The highest BCUT2D eigenvalue weighted by atomic mass is 35.5. The third-order valence-corrected chi connectivity index (χ3v) is 1.51. The summed E-state index contributed by atoms with van der Waals surface area (Å²) in [7, 11) is 1.30. The van der Waals surface area contributed by atoms with Gasteiger partial charge in [0.05, 0.1) is 7.11 Å². The number of esters is 1. The first-order valence-corrected chi connectivity index (χ1v) is 3.99. The maximum atomic E-state index is 10.8. The molecule has 15 heavy (non-hydrogen) atoms. The molecule has 1 atom stereocenters. The molecular formula is C7H18Cl2N4O2. The highest BCUT2D eigenvalue weighted by Gasteiger charge is 2.12. The van der Waals surface area contributed by atoms with Crippen LogP contribution in [0.1, 0.15) is 12.8 Å². The van der Waals surface area contributed by atoms with Crippen molar-refractivity contribution < 1.29 is 9.53 Å². The Morgan fingerprint density at radius 2 is 2.07 bits per heavy atom. The minimum Gasteiger partial charge on any atom is -0.468 e. The predicted octanol–water partition coefficient (Wildman–Crippen LogP) is -0.406. The highest BCUT2D eigenvalue weighted by molar-refractivity contribution is 5.85. The second-order valence-corrected chi connectivity index (χ2v) is 2.61. The summed E-state index contributed by atoms with van der Waals surface area (Å²) in [4.78, 5) is 10.8. The molecule has 0 aliphatic carbocycles. The van der Waals surface area contributed by atoms with Gasteiger partial charge in [0.25, 0.3) is 0 Å². The Labute approximate surface area is 101 Å². The van der Waals surface area contributed by atoms with Crippen molar-refractivity contribution in [2.45, 2.75) is 18.9 Å². The second kappa shape index (κ2) is 11.4. The number of methoxy groups -OCH3 is 1. The molecule has 6 nitrogen and oxygen atoms in total. The summed E-state index contributed by atoms with van der Waals surface area (Å²) in [5, 5.41) is 9.46. The topological polar surface area (TPSA) is 114 Å². The molecule has 0 aromatic rings. The Balaban J connectivity index is -0.000000720. The Kier molecular flexibility index (Phi) is 15.0. The predicted molar refractivity (Wildman–Crippen MR) is 63.6 cm³/mol. The molecule has 0 radical (unpaired) electrons. The molecule has 0 bridgehead atoms. The van der Waals surface area contributed by atoms with Crippen LogP contribution in [0.2, 0.25) is 0 Å². The van der Waals surface area contributed by atoms with Crippen LogP contribution in [0.4, 0.5) is 0 Å². The van der Waals surface area contributed by atoms with Gasteiger partial charge >= 0.3 is 5.97 Å². The summed E-state index contributed by atoms with van der Waals surface area (Å²) in [6, 6.07) is -0.584. The first kappa shape index (κ1) is 19.8. The second-order valence-electron chi connectivity index (χ2n) is 2.61. The van der Waals surface area contributed by atoms with Crippen molar-refractivity contribution in [2.75, 3.05) is 13.7 Å². The van der Waals surface area contributed by atoms with E-state index in [1.165, 1.54) is 7.11 Å². The number of ether oxygens (including phenoxy) is 1. The molecule has 0 saturated heterocycles. The Morgan fingerprint density at radius 3 is 2.47 bits per heavy atom. The van der Waals surface area contributed by atoms with Gasteiger partial charge in [-0.2, -0.15) is 0 Å². The number of hydrogen-bond donors (Lipinski definition) is 4. The fraction of sp³-hybridized carbons (Fsp3) is 0.714. The monoisotopic (exact) mass is 260 g/mol.